The summed E-state index contributed by atoms with van der Waals surface area (Å²) >= 11 is 6.28. The average molecular weight is 291 g/mol. The number of nitrogens with zero attached hydrogens (tertiary/aromatic N) is 2. The van der Waals surface area contributed by atoms with Crippen molar-refractivity contribution in [2.24, 2.45) is 0 Å². The van der Waals surface area contributed by atoms with Crippen molar-refractivity contribution in [1.29, 1.82) is 0 Å². The van der Waals surface area contributed by atoms with Gasteiger partial charge in [0.1, 0.15) is 0 Å². The zero-order chi connectivity index (χ0) is 14.5. The van der Waals surface area contributed by atoms with Crippen LogP contribution in [-0.2, 0) is 6.42 Å². The van der Waals surface area contributed by atoms with Crippen LogP contribution in [0.2, 0.25) is 5.02 Å². The summed E-state index contributed by atoms with van der Waals surface area (Å²) in [4.78, 5) is 6.41. The molecule has 0 saturated heterocycles. The number of aliphatic hydroxyl groups excluding tert-OH is 1. The first kappa shape index (κ1) is 14.8. The van der Waals surface area contributed by atoms with E-state index in [2.05, 4.69) is 9.88 Å². The molecule has 0 radical (unpaired) electrons. The van der Waals surface area contributed by atoms with E-state index >= 15 is 0 Å². The third-order valence-electron chi connectivity index (χ3n) is 3.29. The molecule has 2 rings (SSSR count). The standard InChI is InChI=1S/C16H19ClN2O/c1-12(20)13-6-7-16(15(17)11-13)19(2)10-8-14-5-3-4-9-18-14/h3-7,9,11-12,20H,8,10H2,1-2H3/t12-/m0/s1. The van der Waals surface area contributed by atoms with Crippen LogP contribution in [0.3, 0.4) is 0 Å². The quantitative estimate of drug-likeness (QED) is 0.916. The van der Waals surface area contributed by atoms with Gasteiger partial charge in [-0.3, -0.25) is 4.98 Å². The molecule has 2 aromatic rings. The smallest absolute Gasteiger partial charge is 0.0762 e. The first-order chi connectivity index (χ1) is 9.58. The Morgan fingerprint density at radius 2 is 2.10 bits per heavy atom. The van der Waals surface area contributed by atoms with Crippen molar-refractivity contribution in [2.45, 2.75) is 19.4 Å². The van der Waals surface area contributed by atoms with Crippen molar-refractivity contribution in [3.05, 3.63) is 58.9 Å². The van der Waals surface area contributed by atoms with Gasteiger partial charge in [0, 0.05) is 31.9 Å². The monoisotopic (exact) mass is 290 g/mol. The molecule has 0 aliphatic carbocycles. The number of hydrogen-bond acceptors (Lipinski definition) is 3. The fourth-order valence-corrected chi connectivity index (χ4v) is 2.37. The SMILES string of the molecule is C[C@H](O)c1ccc(N(C)CCc2ccccn2)c(Cl)c1. The number of hydrogen-bond donors (Lipinski definition) is 1. The Hall–Kier alpha value is -1.58. The first-order valence-corrected chi connectivity index (χ1v) is 7.04. The number of pyridine rings is 1. The second-order valence-corrected chi connectivity index (χ2v) is 5.29. The summed E-state index contributed by atoms with van der Waals surface area (Å²) in [7, 11) is 2.01. The van der Waals surface area contributed by atoms with Gasteiger partial charge in [0.2, 0.25) is 0 Å². The van der Waals surface area contributed by atoms with E-state index in [9.17, 15) is 5.11 Å². The van der Waals surface area contributed by atoms with Gasteiger partial charge in [0.15, 0.2) is 0 Å². The highest BCUT2D eigenvalue weighted by atomic mass is 35.5. The highest BCUT2D eigenvalue weighted by molar-refractivity contribution is 6.33. The molecule has 0 aliphatic rings. The molecular weight excluding hydrogens is 272 g/mol. The van der Waals surface area contributed by atoms with E-state index in [0.29, 0.717) is 5.02 Å². The van der Waals surface area contributed by atoms with Crippen molar-refractivity contribution in [3.8, 4) is 0 Å². The molecule has 0 saturated carbocycles. The molecule has 1 atom stereocenters. The summed E-state index contributed by atoms with van der Waals surface area (Å²) in [6.45, 7) is 2.57. The normalized spacial score (nSPS) is 12.2. The van der Waals surface area contributed by atoms with Crippen LogP contribution in [0.5, 0.6) is 0 Å². The number of anilines is 1. The van der Waals surface area contributed by atoms with Crippen LogP contribution in [0.15, 0.2) is 42.6 Å². The minimum absolute atomic E-state index is 0.500. The molecule has 3 nitrogen and oxygen atoms in total. The van der Waals surface area contributed by atoms with Gasteiger partial charge in [0.05, 0.1) is 16.8 Å². The van der Waals surface area contributed by atoms with Crippen molar-refractivity contribution in [1.82, 2.24) is 4.98 Å². The van der Waals surface area contributed by atoms with E-state index in [0.717, 1.165) is 29.9 Å². The van der Waals surface area contributed by atoms with E-state index in [1.807, 2.05) is 43.4 Å². The Kier molecular flexibility index (Phi) is 4.99. The number of rotatable bonds is 5. The largest absolute Gasteiger partial charge is 0.389 e. The summed E-state index contributed by atoms with van der Waals surface area (Å²) in [5.41, 5.74) is 2.86. The van der Waals surface area contributed by atoms with Crippen LogP contribution in [0.25, 0.3) is 0 Å². The maximum Gasteiger partial charge on any atom is 0.0762 e. The maximum atomic E-state index is 9.55. The number of benzene rings is 1. The van der Waals surface area contributed by atoms with Crippen LogP contribution < -0.4 is 4.90 Å². The summed E-state index contributed by atoms with van der Waals surface area (Å²) in [5.74, 6) is 0. The molecule has 0 amide bonds. The predicted molar refractivity (Wildman–Crippen MR) is 83.3 cm³/mol. The lowest BCUT2D eigenvalue weighted by molar-refractivity contribution is 0.199. The summed E-state index contributed by atoms with van der Waals surface area (Å²) < 4.78 is 0. The zero-order valence-corrected chi connectivity index (χ0v) is 12.5. The van der Waals surface area contributed by atoms with Gasteiger partial charge in [-0.1, -0.05) is 23.7 Å². The third-order valence-corrected chi connectivity index (χ3v) is 3.60. The molecule has 0 unspecified atom stereocenters. The van der Waals surface area contributed by atoms with Crippen LogP contribution in [0, 0.1) is 0 Å². The molecule has 1 N–H and O–H groups in total. The van der Waals surface area contributed by atoms with Crippen molar-refractivity contribution >= 4 is 17.3 Å². The fraction of sp³-hybridized carbons (Fsp3) is 0.312. The lowest BCUT2D eigenvalue weighted by atomic mass is 10.1. The topological polar surface area (TPSA) is 36.4 Å². The third kappa shape index (κ3) is 3.71. The predicted octanol–water partition coefficient (Wildman–Crippen LogP) is 3.47. The van der Waals surface area contributed by atoms with Gasteiger partial charge in [0.25, 0.3) is 0 Å². The molecule has 20 heavy (non-hydrogen) atoms. The van der Waals surface area contributed by atoms with Crippen LogP contribution in [0.4, 0.5) is 5.69 Å². The van der Waals surface area contributed by atoms with E-state index < -0.39 is 6.10 Å². The lowest BCUT2D eigenvalue weighted by Gasteiger charge is -2.21. The highest BCUT2D eigenvalue weighted by Crippen LogP contribution is 2.28. The Morgan fingerprint density at radius 3 is 2.70 bits per heavy atom. The number of halogens is 1. The molecule has 0 bridgehead atoms. The molecule has 106 valence electrons. The summed E-state index contributed by atoms with van der Waals surface area (Å²) in [6.07, 6.45) is 2.17. The molecular formula is C16H19ClN2O. The van der Waals surface area contributed by atoms with Gasteiger partial charge >= 0.3 is 0 Å². The Balaban J connectivity index is 2.04. The number of aromatic nitrogens is 1. The minimum Gasteiger partial charge on any atom is -0.389 e. The second kappa shape index (κ2) is 6.73. The van der Waals surface area contributed by atoms with E-state index in [-0.39, 0.29) is 0 Å². The maximum absolute atomic E-state index is 9.55. The van der Waals surface area contributed by atoms with Gasteiger partial charge in [-0.25, -0.2) is 0 Å². The Labute approximate surface area is 124 Å². The minimum atomic E-state index is -0.500. The van der Waals surface area contributed by atoms with Gasteiger partial charge in [-0.05, 0) is 36.8 Å². The van der Waals surface area contributed by atoms with Gasteiger partial charge in [-0.15, -0.1) is 0 Å². The van der Waals surface area contributed by atoms with Crippen molar-refractivity contribution < 1.29 is 5.11 Å². The van der Waals surface area contributed by atoms with Crippen LogP contribution in [0.1, 0.15) is 24.3 Å². The molecule has 0 fully saturated rings. The van der Waals surface area contributed by atoms with Crippen molar-refractivity contribution in [2.75, 3.05) is 18.5 Å². The fourth-order valence-electron chi connectivity index (χ4n) is 2.04. The van der Waals surface area contributed by atoms with Crippen molar-refractivity contribution in [3.63, 3.8) is 0 Å². The van der Waals surface area contributed by atoms with E-state index in [4.69, 9.17) is 11.6 Å². The lowest BCUT2D eigenvalue weighted by Crippen LogP contribution is -2.21. The summed E-state index contributed by atoms with van der Waals surface area (Å²) in [5, 5.41) is 10.2. The average Bonchev–Trinajstić information content (AvgIpc) is 2.45. The van der Waals surface area contributed by atoms with Gasteiger partial charge < -0.3 is 10.0 Å². The second-order valence-electron chi connectivity index (χ2n) is 4.88. The van der Waals surface area contributed by atoms with Crippen LogP contribution in [-0.4, -0.2) is 23.7 Å². The Bertz CT molecular complexity index is 558. The zero-order valence-electron chi connectivity index (χ0n) is 11.8. The van der Waals surface area contributed by atoms with Gasteiger partial charge in [-0.2, -0.15) is 0 Å². The first-order valence-electron chi connectivity index (χ1n) is 6.66. The Morgan fingerprint density at radius 1 is 1.30 bits per heavy atom. The number of aliphatic hydroxyl groups is 1. The molecule has 0 aliphatic heterocycles. The summed E-state index contributed by atoms with van der Waals surface area (Å²) in [6, 6.07) is 11.6. The van der Waals surface area contributed by atoms with Crippen LogP contribution >= 0.6 is 11.6 Å². The molecule has 1 aromatic heterocycles. The van der Waals surface area contributed by atoms with E-state index in [1.165, 1.54) is 0 Å². The molecule has 1 aromatic carbocycles. The molecule has 1 heterocycles. The molecule has 0 spiro atoms. The highest BCUT2D eigenvalue weighted by Gasteiger charge is 2.09. The molecule has 4 heteroatoms. The number of likely N-dealkylation sites (N-methyl/N-ethyl adjacent to an activating group) is 1. The van der Waals surface area contributed by atoms with E-state index in [1.54, 1.807) is 13.1 Å².